The molecule has 0 atom stereocenters. The van der Waals surface area contributed by atoms with Crippen LogP contribution in [-0.2, 0) is 0 Å². The lowest BCUT2D eigenvalue weighted by Gasteiger charge is -1.88. The van der Waals surface area contributed by atoms with E-state index in [2.05, 4.69) is 15.9 Å². The first-order valence-electron chi connectivity index (χ1n) is 4.13. The summed E-state index contributed by atoms with van der Waals surface area (Å²) in [5, 5.41) is 0.899. The average molecular weight is 291 g/mol. The van der Waals surface area contributed by atoms with Crippen molar-refractivity contribution in [2.75, 3.05) is 6.54 Å². The second kappa shape index (κ2) is 4.79. The highest BCUT2D eigenvalue weighted by molar-refractivity contribution is 9.10. The Morgan fingerprint density at radius 3 is 2.80 bits per heavy atom. The molecule has 0 amide bonds. The molecule has 0 saturated carbocycles. The van der Waals surface area contributed by atoms with Crippen LogP contribution in [0.5, 0.6) is 0 Å². The summed E-state index contributed by atoms with van der Waals surface area (Å²) in [6, 6.07) is 7.27. The highest BCUT2D eigenvalue weighted by Gasteiger charge is 2.10. The van der Waals surface area contributed by atoms with Crippen LogP contribution in [0.15, 0.2) is 33.2 Å². The molecule has 2 aromatic rings. The molecule has 2 N–H and O–H groups in total. The number of ketones is 1. The van der Waals surface area contributed by atoms with E-state index in [0.29, 0.717) is 11.3 Å². The number of fused-ring (bicyclic) bond motifs is 1. The Morgan fingerprint density at radius 1 is 1.40 bits per heavy atom. The van der Waals surface area contributed by atoms with Crippen molar-refractivity contribution < 1.29 is 9.21 Å². The molecule has 0 spiro atoms. The van der Waals surface area contributed by atoms with Crippen LogP contribution < -0.4 is 5.73 Å². The topological polar surface area (TPSA) is 56.2 Å². The zero-order valence-corrected chi connectivity index (χ0v) is 10.1. The van der Waals surface area contributed by atoms with E-state index in [1.165, 1.54) is 0 Å². The Morgan fingerprint density at radius 2 is 2.13 bits per heavy atom. The number of Topliss-reactive ketones (excluding diaryl/α,β-unsaturated/α-hetero) is 1. The maximum Gasteiger partial charge on any atom is 0.211 e. The van der Waals surface area contributed by atoms with Gasteiger partial charge in [-0.05, 0) is 24.3 Å². The van der Waals surface area contributed by atoms with Crippen molar-refractivity contribution in [2.24, 2.45) is 5.73 Å². The van der Waals surface area contributed by atoms with Crippen LogP contribution in [0.4, 0.5) is 0 Å². The maximum atomic E-state index is 11.2. The highest BCUT2D eigenvalue weighted by Crippen LogP contribution is 2.23. The summed E-state index contributed by atoms with van der Waals surface area (Å²) < 4.78 is 6.28. The monoisotopic (exact) mass is 289 g/mol. The minimum atomic E-state index is -0.183. The quantitative estimate of drug-likeness (QED) is 0.865. The molecule has 5 heteroatoms. The molecule has 0 aliphatic heterocycles. The van der Waals surface area contributed by atoms with Crippen molar-refractivity contribution in [1.82, 2.24) is 0 Å². The number of nitrogens with two attached hydrogens (primary N) is 1. The van der Waals surface area contributed by atoms with Crippen molar-refractivity contribution in [3.8, 4) is 0 Å². The second-order valence-corrected chi connectivity index (χ2v) is 3.84. The van der Waals surface area contributed by atoms with E-state index >= 15 is 0 Å². The fourth-order valence-corrected chi connectivity index (χ4v) is 1.63. The van der Waals surface area contributed by atoms with Gasteiger partial charge in [-0.1, -0.05) is 15.9 Å². The molecule has 1 aromatic carbocycles. The summed E-state index contributed by atoms with van der Waals surface area (Å²) in [6.45, 7) is -0.0268. The Hall–Kier alpha value is -0.840. The fraction of sp³-hybridized carbons (Fsp3) is 0.100. The standard InChI is InChI=1S/C10H8BrNO2.ClH/c11-7-1-2-9-6(3-7)4-10(14-9)8(13)5-12;/h1-4H,5,12H2;1H. The van der Waals surface area contributed by atoms with Gasteiger partial charge in [0.2, 0.25) is 5.78 Å². The van der Waals surface area contributed by atoms with Crippen molar-refractivity contribution in [3.05, 3.63) is 34.5 Å². The number of benzene rings is 1. The lowest BCUT2D eigenvalue weighted by Crippen LogP contribution is -2.12. The van der Waals surface area contributed by atoms with E-state index in [1.807, 2.05) is 18.2 Å². The van der Waals surface area contributed by atoms with Gasteiger partial charge in [0.05, 0.1) is 6.54 Å². The Kier molecular flexibility index (Phi) is 3.90. The average Bonchev–Trinajstić information content (AvgIpc) is 2.59. The number of carbonyl (C=O) groups is 1. The molecule has 0 saturated heterocycles. The summed E-state index contributed by atoms with van der Waals surface area (Å²) in [5.41, 5.74) is 5.94. The molecule has 0 aliphatic rings. The Labute approximate surface area is 101 Å². The number of rotatable bonds is 2. The van der Waals surface area contributed by atoms with Crippen molar-refractivity contribution >= 4 is 45.1 Å². The number of carbonyl (C=O) groups excluding carboxylic acids is 1. The van der Waals surface area contributed by atoms with Crippen molar-refractivity contribution in [3.63, 3.8) is 0 Å². The molecule has 0 unspecified atom stereocenters. The van der Waals surface area contributed by atoms with Crippen molar-refractivity contribution in [1.29, 1.82) is 0 Å². The molecular formula is C10H9BrClNO2. The van der Waals surface area contributed by atoms with E-state index in [-0.39, 0.29) is 24.7 Å². The van der Waals surface area contributed by atoms with Gasteiger partial charge in [-0.25, -0.2) is 0 Å². The van der Waals surface area contributed by atoms with Crippen LogP contribution in [-0.4, -0.2) is 12.3 Å². The second-order valence-electron chi connectivity index (χ2n) is 2.92. The van der Waals surface area contributed by atoms with E-state index in [1.54, 1.807) is 6.07 Å². The summed E-state index contributed by atoms with van der Waals surface area (Å²) in [4.78, 5) is 11.2. The molecule has 80 valence electrons. The largest absolute Gasteiger partial charge is 0.453 e. The first-order chi connectivity index (χ1) is 6.70. The Bertz CT molecular complexity index is 495. The molecule has 0 fully saturated rings. The minimum Gasteiger partial charge on any atom is -0.453 e. The Balaban J connectivity index is 0.00000112. The van der Waals surface area contributed by atoms with Crippen molar-refractivity contribution in [2.45, 2.75) is 0 Å². The zero-order valence-electron chi connectivity index (χ0n) is 7.70. The lowest BCUT2D eigenvalue weighted by molar-refractivity contribution is 0.0977. The van der Waals surface area contributed by atoms with Gasteiger partial charge in [0.15, 0.2) is 5.76 Å². The fourth-order valence-electron chi connectivity index (χ4n) is 1.25. The smallest absolute Gasteiger partial charge is 0.211 e. The number of hydrogen-bond donors (Lipinski definition) is 1. The van der Waals surface area contributed by atoms with Crippen LogP contribution in [0.3, 0.4) is 0 Å². The van der Waals surface area contributed by atoms with Gasteiger partial charge in [0.25, 0.3) is 0 Å². The predicted molar refractivity (Wildman–Crippen MR) is 64.5 cm³/mol. The van der Waals surface area contributed by atoms with Crippen LogP contribution in [0.25, 0.3) is 11.0 Å². The third-order valence-electron chi connectivity index (χ3n) is 1.94. The third-order valence-corrected chi connectivity index (χ3v) is 2.43. The van der Waals surface area contributed by atoms with Crippen LogP contribution in [0.1, 0.15) is 10.6 Å². The molecule has 0 aliphatic carbocycles. The van der Waals surface area contributed by atoms with Gasteiger partial charge in [-0.15, -0.1) is 12.4 Å². The number of halogens is 2. The van der Waals surface area contributed by atoms with Gasteiger partial charge < -0.3 is 10.2 Å². The molecule has 0 radical (unpaired) electrons. The molecule has 3 nitrogen and oxygen atoms in total. The molecule has 1 heterocycles. The summed E-state index contributed by atoms with van der Waals surface area (Å²) in [7, 11) is 0. The normalized spacial score (nSPS) is 10.0. The van der Waals surface area contributed by atoms with Gasteiger partial charge in [-0.3, -0.25) is 4.79 Å². The molecular weight excluding hydrogens is 281 g/mol. The first-order valence-corrected chi connectivity index (χ1v) is 4.92. The number of furan rings is 1. The third kappa shape index (κ3) is 2.40. The van der Waals surface area contributed by atoms with Crippen LogP contribution in [0, 0.1) is 0 Å². The minimum absolute atomic E-state index is 0. The van der Waals surface area contributed by atoms with E-state index in [9.17, 15) is 4.79 Å². The van der Waals surface area contributed by atoms with Gasteiger partial charge >= 0.3 is 0 Å². The highest BCUT2D eigenvalue weighted by atomic mass is 79.9. The summed E-state index contributed by atoms with van der Waals surface area (Å²) in [6.07, 6.45) is 0. The molecule has 1 aromatic heterocycles. The number of hydrogen-bond acceptors (Lipinski definition) is 3. The predicted octanol–water partition coefficient (Wildman–Crippen LogP) is 2.76. The molecule has 15 heavy (non-hydrogen) atoms. The van der Waals surface area contributed by atoms with Crippen LogP contribution >= 0.6 is 28.3 Å². The maximum absolute atomic E-state index is 11.2. The van der Waals surface area contributed by atoms with Gasteiger partial charge in [0, 0.05) is 9.86 Å². The van der Waals surface area contributed by atoms with E-state index in [4.69, 9.17) is 10.2 Å². The molecule has 0 bridgehead atoms. The lowest BCUT2D eigenvalue weighted by atomic mass is 10.2. The van der Waals surface area contributed by atoms with Gasteiger partial charge in [0.1, 0.15) is 5.58 Å². The summed E-state index contributed by atoms with van der Waals surface area (Å²) >= 11 is 3.34. The van der Waals surface area contributed by atoms with E-state index in [0.717, 1.165) is 9.86 Å². The zero-order chi connectivity index (χ0) is 10.1. The summed E-state index contributed by atoms with van der Waals surface area (Å²) in [5.74, 6) is 0.137. The SMILES string of the molecule is Cl.NCC(=O)c1cc2cc(Br)ccc2o1. The van der Waals surface area contributed by atoms with E-state index < -0.39 is 0 Å². The molecule has 2 rings (SSSR count). The van der Waals surface area contributed by atoms with Gasteiger partial charge in [-0.2, -0.15) is 0 Å². The van der Waals surface area contributed by atoms with Crippen LogP contribution in [0.2, 0.25) is 0 Å². The first kappa shape index (κ1) is 12.2.